The van der Waals surface area contributed by atoms with Gasteiger partial charge in [-0.2, -0.15) is 0 Å². The minimum Gasteiger partial charge on any atom is -0.492 e. The van der Waals surface area contributed by atoms with Crippen LogP contribution in [0.2, 0.25) is 0 Å². The first-order valence-electron chi connectivity index (χ1n) is 3.62. The normalized spacial score (nSPS) is 10.2. The smallest absolute Gasteiger partial charge is 0.194 e. The van der Waals surface area contributed by atoms with Gasteiger partial charge in [-0.15, -0.1) is 0 Å². The number of halogens is 3. The molecule has 0 aliphatic carbocycles. The largest absolute Gasteiger partial charge is 0.492 e. The zero-order valence-electron chi connectivity index (χ0n) is 6.69. The van der Waals surface area contributed by atoms with Crippen molar-refractivity contribution >= 4 is 0 Å². The van der Waals surface area contributed by atoms with E-state index in [1.165, 1.54) is 0 Å². The Morgan fingerprint density at radius 3 is 2.15 bits per heavy atom. The van der Waals surface area contributed by atoms with Gasteiger partial charge in [0.2, 0.25) is 0 Å². The molecule has 1 rings (SSSR count). The number of benzene rings is 1. The highest BCUT2D eigenvalue weighted by Crippen LogP contribution is 2.18. The van der Waals surface area contributed by atoms with Crippen LogP contribution in [-0.4, -0.2) is 13.2 Å². The molecule has 0 bridgehead atoms. The van der Waals surface area contributed by atoms with Crippen LogP contribution in [0, 0.1) is 17.5 Å². The molecule has 2 N–H and O–H groups in total. The lowest BCUT2D eigenvalue weighted by Crippen LogP contribution is -2.11. The Hall–Kier alpha value is -1.23. The maximum absolute atomic E-state index is 12.5. The lowest BCUT2D eigenvalue weighted by atomic mass is 10.3. The Labute approximate surface area is 73.1 Å². The zero-order valence-corrected chi connectivity index (χ0v) is 6.69. The Kier molecular flexibility index (Phi) is 3.13. The summed E-state index contributed by atoms with van der Waals surface area (Å²) in [5.41, 5.74) is 5.10. The van der Waals surface area contributed by atoms with Crippen molar-refractivity contribution in [2.24, 2.45) is 5.73 Å². The van der Waals surface area contributed by atoms with E-state index in [1.54, 1.807) is 0 Å². The summed E-state index contributed by atoms with van der Waals surface area (Å²) in [6.45, 7) is 0.352. The van der Waals surface area contributed by atoms with Crippen molar-refractivity contribution in [1.29, 1.82) is 0 Å². The molecule has 0 aromatic heterocycles. The molecule has 0 unspecified atom stereocenters. The van der Waals surface area contributed by atoms with Gasteiger partial charge in [0.15, 0.2) is 17.5 Å². The highest BCUT2D eigenvalue weighted by molar-refractivity contribution is 5.24. The Morgan fingerprint density at radius 1 is 1.15 bits per heavy atom. The van der Waals surface area contributed by atoms with E-state index < -0.39 is 17.5 Å². The van der Waals surface area contributed by atoms with Crippen LogP contribution in [0.15, 0.2) is 12.1 Å². The van der Waals surface area contributed by atoms with E-state index in [1.807, 2.05) is 0 Å². The van der Waals surface area contributed by atoms with Crippen molar-refractivity contribution in [2.45, 2.75) is 0 Å². The molecule has 0 spiro atoms. The minimum absolute atomic E-state index is 0.0677. The molecule has 0 atom stereocenters. The molecule has 0 heterocycles. The van der Waals surface area contributed by atoms with Gasteiger partial charge in [-0.05, 0) is 0 Å². The van der Waals surface area contributed by atoms with Crippen LogP contribution in [0.25, 0.3) is 0 Å². The Bertz CT molecular complexity index is 280. The van der Waals surface area contributed by atoms with E-state index in [0.29, 0.717) is 0 Å². The molecule has 1 aromatic carbocycles. The molecule has 0 fully saturated rings. The van der Waals surface area contributed by atoms with E-state index in [4.69, 9.17) is 10.5 Å². The van der Waals surface area contributed by atoms with Crippen LogP contribution in [0.5, 0.6) is 5.75 Å². The molecule has 0 saturated heterocycles. The van der Waals surface area contributed by atoms with Gasteiger partial charge in [-0.1, -0.05) is 0 Å². The van der Waals surface area contributed by atoms with E-state index in [0.717, 1.165) is 12.1 Å². The van der Waals surface area contributed by atoms with E-state index in [-0.39, 0.29) is 18.9 Å². The fraction of sp³-hybridized carbons (Fsp3) is 0.250. The predicted octanol–water partition coefficient (Wildman–Crippen LogP) is 1.44. The molecule has 13 heavy (non-hydrogen) atoms. The van der Waals surface area contributed by atoms with Crippen molar-refractivity contribution < 1.29 is 17.9 Å². The summed E-state index contributed by atoms with van der Waals surface area (Å²) in [6, 6.07) is 1.54. The average molecular weight is 191 g/mol. The molecule has 0 radical (unpaired) electrons. The van der Waals surface area contributed by atoms with Crippen molar-refractivity contribution in [3.8, 4) is 5.75 Å². The summed E-state index contributed by atoms with van der Waals surface area (Å²) < 4.78 is 42.3. The third-order valence-electron chi connectivity index (χ3n) is 1.34. The summed E-state index contributed by atoms with van der Waals surface area (Å²) >= 11 is 0. The van der Waals surface area contributed by atoms with Crippen LogP contribution < -0.4 is 10.5 Å². The zero-order chi connectivity index (χ0) is 9.84. The van der Waals surface area contributed by atoms with Gasteiger partial charge in [-0.25, -0.2) is 13.2 Å². The molecular formula is C8H8F3NO. The number of rotatable bonds is 3. The monoisotopic (exact) mass is 191 g/mol. The van der Waals surface area contributed by atoms with Gasteiger partial charge in [0.25, 0.3) is 0 Å². The van der Waals surface area contributed by atoms with E-state index >= 15 is 0 Å². The molecule has 5 heteroatoms. The Balaban J connectivity index is 2.86. The Morgan fingerprint density at radius 2 is 1.69 bits per heavy atom. The van der Waals surface area contributed by atoms with Crippen LogP contribution >= 0.6 is 0 Å². The maximum atomic E-state index is 12.5. The molecule has 0 saturated carbocycles. The second-order valence-corrected chi connectivity index (χ2v) is 2.34. The van der Waals surface area contributed by atoms with Gasteiger partial charge >= 0.3 is 0 Å². The van der Waals surface area contributed by atoms with Crippen molar-refractivity contribution in [3.63, 3.8) is 0 Å². The summed E-state index contributed by atoms with van der Waals surface area (Å²) in [5.74, 6) is -4.11. The number of hydrogen-bond donors (Lipinski definition) is 1. The first-order valence-corrected chi connectivity index (χ1v) is 3.62. The third kappa shape index (κ3) is 2.35. The number of hydrogen-bond acceptors (Lipinski definition) is 2. The van der Waals surface area contributed by atoms with Gasteiger partial charge in [0, 0.05) is 18.7 Å². The van der Waals surface area contributed by atoms with Crippen LogP contribution in [0.4, 0.5) is 13.2 Å². The highest BCUT2D eigenvalue weighted by Gasteiger charge is 2.10. The fourth-order valence-corrected chi connectivity index (χ4v) is 0.792. The van der Waals surface area contributed by atoms with E-state index in [9.17, 15) is 13.2 Å². The minimum atomic E-state index is -1.50. The van der Waals surface area contributed by atoms with Crippen molar-refractivity contribution in [2.75, 3.05) is 13.2 Å². The van der Waals surface area contributed by atoms with E-state index in [2.05, 4.69) is 0 Å². The second kappa shape index (κ2) is 4.13. The lowest BCUT2D eigenvalue weighted by molar-refractivity contribution is 0.320. The maximum Gasteiger partial charge on any atom is 0.194 e. The molecule has 72 valence electrons. The van der Waals surface area contributed by atoms with Gasteiger partial charge in [0.05, 0.1) is 0 Å². The molecule has 0 aliphatic rings. The predicted molar refractivity (Wildman–Crippen MR) is 40.9 cm³/mol. The molecule has 0 aliphatic heterocycles. The molecule has 2 nitrogen and oxygen atoms in total. The van der Waals surface area contributed by atoms with Gasteiger partial charge in [-0.3, -0.25) is 0 Å². The summed E-state index contributed by atoms with van der Waals surface area (Å²) in [5, 5.41) is 0. The van der Waals surface area contributed by atoms with Crippen molar-refractivity contribution in [1.82, 2.24) is 0 Å². The highest BCUT2D eigenvalue weighted by atomic mass is 19.2. The fourth-order valence-electron chi connectivity index (χ4n) is 0.792. The van der Waals surface area contributed by atoms with Crippen LogP contribution in [0.3, 0.4) is 0 Å². The van der Waals surface area contributed by atoms with Crippen LogP contribution in [0.1, 0.15) is 0 Å². The summed E-state index contributed by atoms with van der Waals surface area (Å²) in [6.07, 6.45) is 0. The summed E-state index contributed by atoms with van der Waals surface area (Å²) in [7, 11) is 0. The van der Waals surface area contributed by atoms with Gasteiger partial charge in [0.1, 0.15) is 12.4 Å². The SMILES string of the molecule is NCCOc1cc(F)c(F)c(F)c1. The summed E-state index contributed by atoms with van der Waals surface area (Å²) in [4.78, 5) is 0. The van der Waals surface area contributed by atoms with Crippen LogP contribution in [-0.2, 0) is 0 Å². The average Bonchev–Trinajstić information content (AvgIpc) is 2.10. The molecule has 0 amide bonds. The number of nitrogens with two attached hydrogens (primary N) is 1. The first-order chi connectivity index (χ1) is 6.15. The van der Waals surface area contributed by atoms with Crippen molar-refractivity contribution in [3.05, 3.63) is 29.6 Å². The second-order valence-electron chi connectivity index (χ2n) is 2.34. The number of ether oxygens (including phenoxy) is 1. The quantitative estimate of drug-likeness (QED) is 0.733. The third-order valence-corrected chi connectivity index (χ3v) is 1.34. The topological polar surface area (TPSA) is 35.2 Å². The molecule has 1 aromatic rings. The van der Waals surface area contributed by atoms with Gasteiger partial charge < -0.3 is 10.5 Å². The molecular weight excluding hydrogens is 183 g/mol. The standard InChI is InChI=1S/C8H8F3NO/c9-6-3-5(13-2-1-12)4-7(10)8(6)11/h3-4H,1-2,12H2. The lowest BCUT2D eigenvalue weighted by Gasteiger charge is -2.04. The first kappa shape index (κ1) is 9.85.